The summed E-state index contributed by atoms with van der Waals surface area (Å²) < 4.78 is 6.27. The second-order valence-electron chi connectivity index (χ2n) is 4.25. The molecule has 0 atom stereocenters. The molecule has 19 heavy (non-hydrogen) atoms. The summed E-state index contributed by atoms with van der Waals surface area (Å²) in [6.07, 6.45) is 0. The topological polar surface area (TPSA) is 56.2 Å². The molecule has 0 saturated carbocycles. The van der Waals surface area contributed by atoms with E-state index >= 15 is 0 Å². The molecule has 1 aromatic heterocycles. The SMILES string of the molecule is Nc1ccc(-c2cc3cc(Br)ccc3oc2=O)cc1. The van der Waals surface area contributed by atoms with Crippen molar-refractivity contribution in [1.29, 1.82) is 0 Å². The van der Waals surface area contributed by atoms with Gasteiger partial charge in [0.05, 0.1) is 5.56 Å². The molecule has 1 heterocycles. The van der Waals surface area contributed by atoms with Crippen LogP contribution in [-0.4, -0.2) is 0 Å². The summed E-state index contributed by atoms with van der Waals surface area (Å²) in [6.45, 7) is 0. The third-order valence-corrected chi connectivity index (χ3v) is 3.41. The van der Waals surface area contributed by atoms with Crippen molar-refractivity contribution in [3.05, 3.63) is 63.4 Å². The number of nitrogens with two attached hydrogens (primary N) is 1. The molecule has 0 saturated heterocycles. The van der Waals surface area contributed by atoms with Crippen LogP contribution in [0.15, 0.2) is 62.2 Å². The Morgan fingerprint density at radius 2 is 1.74 bits per heavy atom. The average Bonchev–Trinajstić information content (AvgIpc) is 2.40. The van der Waals surface area contributed by atoms with E-state index in [0.29, 0.717) is 16.8 Å². The highest BCUT2D eigenvalue weighted by atomic mass is 79.9. The van der Waals surface area contributed by atoms with E-state index in [0.717, 1.165) is 15.4 Å². The molecule has 2 aromatic carbocycles. The lowest BCUT2D eigenvalue weighted by atomic mass is 10.1. The molecule has 2 N–H and O–H groups in total. The van der Waals surface area contributed by atoms with Crippen LogP contribution in [0.25, 0.3) is 22.1 Å². The van der Waals surface area contributed by atoms with Gasteiger partial charge in [0.25, 0.3) is 0 Å². The van der Waals surface area contributed by atoms with Gasteiger partial charge in [0, 0.05) is 15.5 Å². The van der Waals surface area contributed by atoms with Gasteiger partial charge in [0.15, 0.2) is 0 Å². The van der Waals surface area contributed by atoms with Gasteiger partial charge in [0.2, 0.25) is 0 Å². The van der Waals surface area contributed by atoms with Gasteiger partial charge >= 0.3 is 5.63 Å². The van der Waals surface area contributed by atoms with Crippen molar-refractivity contribution in [3.63, 3.8) is 0 Å². The number of anilines is 1. The van der Waals surface area contributed by atoms with E-state index in [9.17, 15) is 4.79 Å². The van der Waals surface area contributed by atoms with Gasteiger partial charge in [-0.3, -0.25) is 0 Å². The maximum atomic E-state index is 12.0. The molecule has 0 radical (unpaired) electrons. The number of fused-ring (bicyclic) bond motifs is 1. The molecule has 3 aromatic rings. The summed E-state index contributed by atoms with van der Waals surface area (Å²) in [6, 6.07) is 14.5. The maximum Gasteiger partial charge on any atom is 0.344 e. The molecule has 0 aliphatic heterocycles. The molecule has 3 nitrogen and oxygen atoms in total. The standard InChI is InChI=1S/C15H10BrNO2/c16-11-3-6-14-10(7-11)8-13(15(18)19-14)9-1-4-12(17)5-2-9/h1-8H,17H2. The van der Waals surface area contributed by atoms with Crippen molar-refractivity contribution >= 4 is 32.6 Å². The molecule has 94 valence electrons. The number of rotatable bonds is 1. The third-order valence-electron chi connectivity index (χ3n) is 2.92. The van der Waals surface area contributed by atoms with E-state index in [1.165, 1.54) is 0 Å². The lowest BCUT2D eigenvalue weighted by molar-refractivity contribution is 0.563. The second-order valence-corrected chi connectivity index (χ2v) is 5.17. The third kappa shape index (κ3) is 2.27. The van der Waals surface area contributed by atoms with Crippen molar-refractivity contribution < 1.29 is 4.42 Å². The molecule has 0 fully saturated rings. The van der Waals surface area contributed by atoms with Gasteiger partial charge in [-0.1, -0.05) is 28.1 Å². The Morgan fingerprint density at radius 3 is 2.47 bits per heavy atom. The number of hydrogen-bond acceptors (Lipinski definition) is 3. The zero-order valence-electron chi connectivity index (χ0n) is 9.89. The summed E-state index contributed by atoms with van der Waals surface area (Å²) in [5.74, 6) is 0. The monoisotopic (exact) mass is 315 g/mol. The van der Waals surface area contributed by atoms with Crippen LogP contribution in [-0.2, 0) is 0 Å². The second kappa shape index (κ2) is 4.55. The molecular formula is C15H10BrNO2. The van der Waals surface area contributed by atoms with Crippen LogP contribution in [0, 0.1) is 0 Å². The predicted molar refractivity (Wildman–Crippen MR) is 80.0 cm³/mol. The van der Waals surface area contributed by atoms with Crippen molar-refractivity contribution in [2.24, 2.45) is 0 Å². The molecular weight excluding hydrogens is 306 g/mol. The Hall–Kier alpha value is -2.07. The van der Waals surface area contributed by atoms with Gasteiger partial charge in [-0.15, -0.1) is 0 Å². The van der Waals surface area contributed by atoms with Crippen LogP contribution in [0.1, 0.15) is 0 Å². The first kappa shape index (κ1) is 12.0. The summed E-state index contributed by atoms with van der Waals surface area (Å²) in [5.41, 5.74) is 7.87. The quantitative estimate of drug-likeness (QED) is 0.549. The summed E-state index contributed by atoms with van der Waals surface area (Å²) in [5, 5.41) is 0.876. The number of halogens is 1. The van der Waals surface area contributed by atoms with E-state index < -0.39 is 0 Å². The minimum atomic E-state index is -0.348. The minimum absolute atomic E-state index is 0.348. The van der Waals surface area contributed by atoms with E-state index in [4.69, 9.17) is 10.2 Å². The first-order chi connectivity index (χ1) is 9.13. The predicted octanol–water partition coefficient (Wildman–Crippen LogP) is 3.80. The molecule has 0 unspecified atom stereocenters. The molecule has 0 bridgehead atoms. The molecule has 0 amide bonds. The first-order valence-corrected chi connectivity index (χ1v) is 6.52. The molecule has 4 heteroatoms. The van der Waals surface area contributed by atoms with Crippen LogP contribution < -0.4 is 11.4 Å². The van der Waals surface area contributed by atoms with Crippen LogP contribution in [0.3, 0.4) is 0 Å². The molecule has 0 aliphatic carbocycles. The number of benzene rings is 2. The van der Waals surface area contributed by atoms with Gasteiger partial charge < -0.3 is 10.2 Å². The lowest BCUT2D eigenvalue weighted by Gasteiger charge is -2.03. The van der Waals surface area contributed by atoms with E-state index in [1.807, 2.05) is 30.3 Å². The summed E-state index contributed by atoms with van der Waals surface area (Å²) in [4.78, 5) is 12.0. The minimum Gasteiger partial charge on any atom is -0.422 e. The fourth-order valence-corrected chi connectivity index (χ4v) is 2.34. The average molecular weight is 316 g/mol. The zero-order chi connectivity index (χ0) is 13.4. The van der Waals surface area contributed by atoms with Crippen molar-refractivity contribution in [2.75, 3.05) is 5.73 Å². The van der Waals surface area contributed by atoms with Crippen LogP contribution in [0.2, 0.25) is 0 Å². The highest BCUT2D eigenvalue weighted by Crippen LogP contribution is 2.24. The molecule has 0 spiro atoms. The molecule has 0 aliphatic rings. The van der Waals surface area contributed by atoms with Crippen molar-refractivity contribution in [2.45, 2.75) is 0 Å². The van der Waals surface area contributed by atoms with Gasteiger partial charge in [0.1, 0.15) is 5.58 Å². The zero-order valence-corrected chi connectivity index (χ0v) is 11.5. The van der Waals surface area contributed by atoms with Crippen LogP contribution >= 0.6 is 15.9 Å². The van der Waals surface area contributed by atoms with Crippen molar-refractivity contribution in [3.8, 4) is 11.1 Å². The summed E-state index contributed by atoms with van der Waals surface area (Å²) in [7, 11) is 0. The largest absolute Gasteiger partial charge is 0.422 e. The van der Waals surface area contributed by atoms with Gasteiger partial charge in [-0.05, 0) is 42.0 Å². The highest BCUT2D eigenvalue weighted by Gasteiger charge is 2.07. The number of hydrogen-bond donors (Lipinski definition) is 1. The normalized spacial score (nSPS) is 10.8. The lowest BCUT2D eigenvalue weighted by Crippen LogP contribution is -2.02. The Labute approximate surface area is 117 Å². The van der Waals surface area contributed by atoms with Crippen molar-refractivity contribution in [1.82, 2.24) is 0 Å². The van der Waals surface area contributed by atoms with E-state index in [-0.39, 0.29) is 5.63 Å². The number of nitrogen functional groups attached to an aromatic ring is 1. The Balaban J connectivity index is 2.26. The first-order valence-electron chi connectivity index (χ1n) is 5.73. The van der Waals surface area contributed by atoms with Gasteiger partial charge in [-0.2, -0.15) is 0 Å². The van der Waals surface area contributed by atoms with Gasteiger partial charge in [-0.25, -0.2) is 4.79 Å². The fourth-order valence-electron chi connectivity index (χ4n) is 1.96. The maximum absolute atomic E-state index is 12.0. The van der Waals surface area contributed by atoms with Crippen LogP contribution in [0.4, 0.5) is 5.69 Å². The van der Waals surface area contributed by atoms with E-state index in [2.05, 4.69) is 15.9 Å². The fraction of sp³-hybridized carbons (Fsp3) is 0. The smallest absolute Gasteiger partial charge is 0.344 e. The summed E-state index contributed by atoms with van der Waals surface area (Å²) >= 11 is 3.40. The van der Waals surface area contributed by atoms with Crippen LogP contribution in [0.5, 0.6) is 0 Å². The Morgan fingerprint density at radius 1 is 1.00 bits per heavy atom. The Kier molecular flexibility index (Phi) is 2.87. The van der Waals surface area contributed by atoms with E-state index in [1.54, 1.807) is 18.2 Å². The Bertz CT molecular complexity index is 806. The molecule has 3 rings (SSSR count). The highest BCUT2D eigenvalue weighted by molar-refractivity contribution is 9.10.